The lowest BCUT2D eigenvalue weighted by Crippen LogP contribution is -2.41. The number of allylic oxidation sites excluding steroid dienone is 5. The molecule has 0 bridgehead atoms. The van der Waals surface area contributed by atoms with E-state index >= 15 is 0 Å². The summed E-state index contributed by atoms with van der Waals surface area (Å²) in [6.45, 7) is 3.21. The molecular weight excluding hydrogens is 317 g/mol. The molecule has 2 atom stereocenters. The first-order valence-corrected chi connectivity index (χ1v) is 7.69. The SMILES string of the molecule is CCOC(=O)/C=C/C1(C(F)(F)F)C=CC(c2ccccc2)=CC1C. The Labute approximate surface area is 139 Å². The highest BCUT2D eigenvalue weighted by Crippen LogP contribution is 2.50. The molecule has 2 unspecified atom stereocenters. The van der Waals surface area contributed by atoms with E-state index in [4.69, 9.17) is 0 Å². The van der Waals surface area contributed by atoms with Gasteiger partial charge in [0.25, 0.3) is 0 Å². The monoisotopic (exact) mass is 336 g/mol. The molecule has 5 heteroatoms. The Bertz CT molecular complexity index is 672. The normalized spacial score (nSPS) is 24.0. The first-order valence-electron chi connectivity index (χ1n) is 7.69. The van der Waals surface area contributed by atoms with Crippen molar-refractivity contribution in [3.05, 3.63) is 66.3 Å². The lowest BCUT2D eigenvalue weighted by Gasteiger charge is -2.37. The van der Waals surface area contributed by atoms with Crippen LogP contribution >= 0.6 is 0 Å². The third-order valence-corrected chi connectivity index (χ3v) is 4.10. The van der Waals surface area contributed by atoms with Gasteiger partial charge >= 0.3 is 12.1 Å². The van der Waals surface area contributed by atoms with Crippen molar-refractivity contribution in [2.75, 3.05) is 6.61 Å². The minimum Gasteiger partial charge on any atom is -0.463 e. The van der Waals surface area contributed by atoms with Crippen molar-refractivity contribution in [2.45, 2.75) is 20.0 Å². The van der Waals surface area contributed by atoms with Crippen LogP contribution in [0, 0.1) is 11.3 Å². The van der Waals surface area contributed by atoms with Crippen LogP contribution in [0.15, 0.2) is 60.7 Å². The summed E-state index contributed by atoms with van der Waals surface area (Å²) in [4.78, 5) is 11.4. The molecule has 0 aliphatic heterocycles. The summed E-state index contributed by atoms with van der Waals surface area (Å²) < 4.78 is 45.9. The summed E-state index contributed by atoms with van der Waals surface area (Å²) in [6.07, 6.45) is 1.39. The molecule has 0 saturated carbocycles. The van der Waals surface area contributed by atoms with Crippen LogP contribution in [0.25, 0.3) is 5.57 Å². The van der Waals surface area contributed by atoms with Crippen molar-refractivity contribution < 1.29 is 22.7 Å². The lowest BCUT2D eigenvalue weighted by atomic mass is 9.71. The van der Waals surface area contributed by atoms with E-state index in [2.05, 4.69) is 4.74 Å². The Balaban J connectivity index is 2.37. The van der Waals surface area contributed by atoms with E-state index in [9.17, 15) is 18.0 Å². The van der Waals surface area contributed by atoms with Crippen molar-refractivity contribution in [1.82, 2.24) is 0 Å². The van der Waals surface area contributed by atoms with E-state index in [0.29, 0.717) is 0 Å². The third kappa shape index (κ3) is 3.61. The summed E-state index contributed by atoms with van der Waals surface area (Å²) in [6, 6.07) is 9.21. The summed E-state index contributed by atoms with van der Waals surface area (Å²) in [5, 5.41) is 0. The quantitative estimate of drug-likeness (QED) is 0.575. The fraction of sp³-hybridized carbons (Fsp3) is 0.316. The molecule has 2 nitrogen and oxygen atoms in total. The molecule has 0 heterocycles. The molecule has 128 valence electrons. The highest BCUT2D eigenvalue weighted by Gasteiger charge is 2.55. The molecule has 1 aromatic rings. The Morgan fingerprint density at radius 1 is 1.29 bits per heavy atom. The van der Waals surface area contributed by atoms with Crippen LogP contribution in [0.3, 0.4) is 0 Å². The maximum Gasteiger partial charge on any atom is 0.401 e. The molecule has 0 radical (unpaired) electrons. The van der Waals surface area contributed by atoms with Gasteiger partial charge in [-0.15, -0.1) is 0 Å². The van der Waals surface area contributed by atoms with E-state index in [1.54, 1.807) is 13.0 Å². The molecule has 0 saturated heterocycles. The number of halogens is 3. The first-order chi connectivity index (χ1) is 11.3. The average molecular weight is 336 g/mol. The van der Waals surface area contributed by atoms with Gasteiger partial charge in [-0.1, -0.05) is 61.6 Å². The highest BCUT2D eigenvalue weighted by atomic mass is 19.4. The number of alkyl halides is 3. The number of ether oxygens (including phenoxy) is 1. The van der Waals surface area contributed by atoms with Crippen molar-refractivity contribution in [2.24, 2.45) is 11.3 Å². The van der Waals surface area contributed by atoms with Crippen molar-refractivity contribution in [3.63, 3.8) is 0 Å². The molecule has 2 rings (SSSR count). The number of rotatable bonds is 4. The van der Waals surface area contributed by atoms with Crippen LogP contribution in [0.2, 0.25) is 0 Å². The fourth-order valence-electron chi connectivity index (χ4n) is 2.72. The van der Waals surface area contributed by atoms with E-state index in [0.717, 1.165) is 29.4 Å². The molecule has 0 fully saturated rings. The van der Waals surface area contributed by atoms with Gasteiger partial charge in [0.15, 0.2) is 0 Å². The topological polar surface area (TPSA) is 26.3 Å². The van der Waals surface area contributed by atoms with Crippen LogP contribution in [-0.4, -0.2) is 18.8 Å². The zero-order valence-corrected chi connectivity index (χ0v) is 13.5. The van der Waals surface area contributed by atoms with Crippen LogP contribution in [0.1, 0.15) is 19.4 Å². The van der Waals surface area contributed by atoms with Gasteiger partial charge < -0.3 is 4.74 Å². The standard InChI is InChI=1S/C19H19F3O2/c1-3-24-17(23)10-12-18(19(20,21)22)11-9-16(13-14(18)2)15-7-5-4-6-8-15/h4-14H,3H2,1-2H3/b12-10+. The summed E-state index contributed by atoms with van der Waals surface area (Å²) in [5.74, 6) is -1.64. The summed E-state index contributed by atoms with van der Waals surface area (Å²) in [7, 11) is 0. The van der Waals surface area contributed by atoms with Gasteiger partial charge in [0.05, 0.1) is 6.61 Å². The number of carbonyl (C=O) groups excluding carboxylic acids is 1. The molecule has 1 aromatic carbocycles. The molecule has 0 amide bonds. The second-order valence-electron chi connectivity index (χ2n) is 5.63. The molecule has 0 aromatic heterocycles. The van der Waals surface area contributed by atoms with Gasteiger partial charge in [-0.3, -0.25) is 0 Å². The molecule has 1 aliphatic rings. The molecule has 0 spiro atoms. The number of hydrogen-bond donors (Lipinski definition) is 0. The van der Waals surface area contributed by atoms with Crippen molar-refractivity contribution >= 4 is 11.5 Å². The highest BCUT2D eigenvalue weighted by molar-refractivity contribution is 5.82. The minimum atomic E-state index is -4.52. The van der Waals surface area contributed by atoms with E-state index in [1.165, 1.54) is 13.0 Å². The zero-order chi connectivity index (χ0) is 17.8. The predicted octanol–water partition coefficient (Wildman–Crippen LogP) is 4.94. The molecule has 0 N–H and O–H groups in total. The number of benzene rings is 1. The second kappa shape index (κ2) is 7.07. The number of esters is 1. The van der Waals surface area contributed by atoms with Gasteiger partial charge in [0, 0.05) is 6.08 Å². The maximum absolute atomic E-state index is 13.7. The smallest absolute Gasteiger partial charge is 0.401 e. The first kappa shape index (κ1) is 18.0. The Kier molecular flexibility index (Phi) is 5.32. The lowest BCUT2D eigenvalue weighted by molar-refractivity contribution is -0.199. The van der Waals surface area contributed by atoms with Crippen LogP contribution < -0.4 is 0 Å². The van der Waals surface area contributed by atoms with Crippen LogP contribution in [-0.2, 0) is 9.53 Å². The van der Waals surface area contributed by atoms with Crippen LogP contribution in [0.5, 0.6) is 0 Å². The van der Waals surface area contributed by atoms with Gasteiger partial charge in [-0.05, 0) is 24.0 Å². The van der Waals surface area contributed by atoms with Gasteiger partial charge in [0.2, 0.25) is 0 Å². The van der Waals surface area contributed by atoms with Gasteiger partial charge in [-0.25, -0.2) is 4.79 Å². The second-order valence-corrected chi connectivity index (χ2v) is 5.63. The summed E-state index contributed by atoms with van der Waals surface area (Å²) in [5.41, 5.74) is -0.642. The predicted molar refractivity (Wildman–Crippen MR) is 87.0 cm³/mol. The zero-order valence-electron chi connectivity index (χ0n) is 13.5. The van der Waals surface area contributed by atoms with Crippen molar-refractivity contribution in [3.8, 4) is 0 Å². The molecule has 1 aliphatic carbocycles. The fourth-order valence-corrected chi connectivity index (χ4v) is 2.72. The van der Waals surface area contributed by atoms with Crippen molar-refractivity contribution in [1.29, 1.82) is 0 Å². The Morgan fingerprint density at radius 2 is 1.96 bits per heavy atom. The molecular formula is C19H19F3O2. The molecule has 24 heavy (non-hydrogen) atoms. The Morgan fingerprint density at radius 3 is 2.50 bits per heavy atom. The largest absolute Gasteiger partial charge is 0.463 e. The minimum absolute atomic E-state index is 0.117. The van der Waals surface area contributed by atoms with Crippen LogP contribution in [0.4, 0.5) is 13.2 Å². The van der Waals surface area contributed by atoms with Gasteiger partial charge in [0.1, 0.15) is 5.41 Å². The van der Waals surface area contributed by atoms with Gasteiger partial charge in [-0.2, -0.15) is 13.2 Å². The van der Waals surface area contributed by atoms with E-state index < -0.39 is 23.5 Å². The number of hydrogen-bond acceptors (Lipinski definition) is 2. The Hall–Kier alpha value is -2.30. The maximum atomic E-state index is 13.7. The average Bonchev–Trinajstić information content (AvgIpc) is 2.54. The third-order valence-electron chi connectivity index (χ3n) is 4.10. The van der Waals surface area contributed by atoms with E-state index in [1.807, 2.05) is 30.3 Å². The van der Waals surface area contributed by atoms with E-state index in [-0.39, 0.29) is 6.61 Å². The number of carbonyl (C=O) groups is 1. The summed E-state index contributed by atoms with van der Waals surface area (Å²) >= 11 is 0.